The van der Waals surface area contributed by atoms with Crippen LogP contribution in [0.3, 0.4) is 0 Å². The molecule has 0 unspecified atom stereocenters. The maximum atomic E-state index is 11.7. The number of amides is 1. The highest BCUT2D eigenvalue weighted by molar-refractivity contribution is 6.30. The van der Waals surface area contributed by atoms with E-state index in [0.717, 1.165) is 0 Å². The van der Waals surface area contributed by atoms with Crippen LogP contribution in [0.5, 0.6) is 0 Å². The Kier molecular flexibility index (Phi) is 6.89. The van der Waals surface area contributed by atoms with Crippen molar-refractivity contribution in [1.29, 1.82) is 0 Å². The highest BCUT2D eigenvalue weighted by Crippen LogP contribution is 2.21. The number of hydrogen-bond donors (Lipinski definition) is 3. The van der Waals surface area contributed by atoms with Gasteiger partial charge in [-0.2, -0.15) is 0 Å². The third-order valence-corrected chi connectivity index (χ3v) is 3.05. The van der Waals surface area contributed by atoms with Crippen molar-refractivity contribution >= 4 is 29.1 Å². The molecule has 0 radical (unpaired) electrons. The molecule has 0 aliphatic rings. The van der Waals surface area contributed by atoms with Crippen molar-refractivity contribution < 1.29 is 19.4 Å². The number of carbonyl (C=O) groups excluding carboxylic acids is 2. The summed E-state index contributed by atoms with van der Waals surface area (Å²) in [6.07, 6.45) is 2.77. The van der Waals surface area contributed by atoms with Crippen molar-refractivity contribution in [3.63, 3.8) is 0 Å². The minimum absolute atomic E-state index is 0.352. The van der Waals surface area contributed by atoms with Gasteiger partial charge in [0.15, 0.2) is 0 Å². The minimum Gasteiger partial charge on any atom is -0.506 e. The van der Waals surface area contributed by atoms with Crippen LogP contribution in [0.15, 0.2) is 54.5 Å². The van der Waals surface area contributed by atoms with Gasteiger partial charge in [0.25, 0.3) is 5.91 Å². The minimum atomic E-state index is -0.793. The van der Waals surface area contributed by atoms with Crippen LogP contribution in [0, 0.1) is 0 Å². The zero-order valence-corrected chi connectivity index (χ0v) is 13.3. The van der Waals surface area contributed by atoms with E-state index in [1.54, 1.807) is 24.3 Å². The highest BCUT2D eigenvalue weighted by atomic mass is 35.5. The summed E-state index contributed by atoms with van der Waals surface area (Å²) in [5, 5.41) is 12.7. The number of carbonyl (C=O) groups is 2. The van der Waals surface area contributed by atoms with Crippen LogP contribution in [0.1, 0.15) is 5.56 Å². The second kappa shape index (κ2) is 8.65. The molecule has 0 aliphatic heterocycles. The Morgan fingerprint density at radius 1 is 1.48 bits per heavy atom. The van der Waals surface area contributed by atoms with Gasteiger partial charge in [-0.25, -0.2) is 0 Å². The molecule has 1 aromatic carbocycles. The second-order valence-electron chi connectivity index (χ2n) is 4.37. The molecule has 6 nitrogen and oxygen atoms in total. The number of methoxy groups -OCH3 is 1. The fraction of sp³-hybridized carbons (Fsp3) is 0.125. The average molecular weight is 337 g/mol. The number of esters is 1. The van der Waals surface area contributed by atoms with E-state index < -0.39 is 23.3 Å². The number of hydrogen-bond acceptors (Lipinski definition) is 5. The summed E-state index contributed by atoms with van der Waals surface area (Å²) in [4.78, 5) is 22.7. The highest BCUT2D eigenvalue weighted by Gasteiger charge is 2.12. The fourth-order valence-corrected chi connectivity index (χ4v) is 1.78. The van der Waals surface area contributed by atoms with Crippen molar-refractivity contribution in [2.75, 3.05) is 13.7 Å². The Bertz CT molecular complexity index is 680. The zero-order valence-electron chi connectivity index (χ0n) is 12.5. The molecule has 0 aliphatic carbocycles. The molecule has 0 spiro atoms. The first-order valence-corrected chi connectivity index (χ1v) is 6.90. The van der Waals surface area contributed by atoms with Gasteiger partial charge in [-0.1, -0.05) is 36.4 Å². The van der Waals surface area contributed by atoms with Crippen LogP contribution in [-0.4, -0.2) is 30.6 Å². The number of aliphatic hydroxyl groups is 1. The number of allylic oxidation sites excluding steroid dienone is 3. The van der Waals surface area contributed by atoms with E-state index in [-0.39, 0.29) is 6.54 Å². The number of ether oxygens (including phenoxy) is 1. The van der Waals surface area contributed by atoms with E-state index in [1.807, 2.05) is 0 Å². The molecule has 0 atom stereocenters. The van der Waals surface area contributed by atoms with E-state index in [0.29, 0.717) is 16.2 Å². The van der Waals surface area contributed by atoms with Crippen LogP contribution in [0.2, 0.25) is 5.02 Å². The monoisotopic (exact) mass is 336 g/mol. The molecule has 7 heteroatoms. The van der Waals surface area contributed by atoms with Crippen molar-refractivity contribution in [2.45, 2.75) is 0 Å². The Morgan fingerprint density at radius 3 is 2.74 bits per heavy atom. The van der Waals surface area contributed by atoms with Gasteiger partial charge in [-0.3, -0.25) is 9.59 Å². The standard InChI is InChI=1S/C16H17ClN2O4/c1-3-10(11-5-4-6-12(17)7-11)8-13(20)15(18)16(22)19-9-14(21)23-2/h3-8,20H,1,9,18H2,2H3,(H,19,22)/b10-8+,15-13+. The lowest BCUT2D eigenvalue weighted by molar-refractivity contribution is -0.140. The number of nitrogens with two attached hydrogens (primary N) is 1. The number of halogens is 1. The molecule has 0 fully saturated rings. The Morgan fingerprint density at radius 2 is 2.17 bits per heavy atom. The number of aliphatic hydroxyl groups excluding tert-OH is 1. The molecule has 1 rings (SSSR count). The van der Waals surface area contributed by atoms with Crippen LogP contribution in [0.4, 0.5) is 0 Å². The summed E-state index contributed by atoms with van der Waals surface area (Å²) in [5.74, 6) is -1.88. The molecule has 0 heterocycles. The van der Waals surface area contributed by atoms with Crippen molar-refractivity contribution in [2.24, 2.45) is 5.73 Å². The van der Waals surface area contributed by atoms with Crippen molar-refractivity contribution in [3.8, 4) is 0 Å². The van der Waals surface area contributed by atoms with Gasteiger partial charge in [-0.15, -0.1) is 0 Å². The fourth-order valence-electron chi connectivity index (χ4n) is 1.59. The largest absolute Gasteiger partial charge is 0.506 e. The van der Waals surface area contributed by atoms with E-state index in [2.05, 4.69) is 16.6 Å². The molecule has 0 aromatic heterocycles. The average Bonchev–Trinajstić information content (AvgIpc) is 2.56. The van der Waals surface area contributed by atoms with E-state index in [4.69, 9.17) is 17.3 Å². The smallest absolute Gasteiger partial charge is 0.325 e. The molecule has 122 valence electrons. The predicted molar refractivity (Wildman–Crippen MR) is 88.5 cm³/mol. The van der Waals surface area contributed by atoms with Crippen LogP contribution in [-0.2, 0) is 14.3 Å². The topological polar surface area (TPSA) is 102 Å². The van der Waals surface area contributed by atoms with E-state index >= 15 is 0 Å². The lowest BCUT2D eigenvalue weighted by Gasteiger charge is -2.07. The zero-order chi connectivity index (χ0) is 17.4. The summed E-state index contributed by atoms with van der Waals surface area (Å²) in [7, 11) is 1.19. The Hall–Kier alpha value is -2.73. The van der Waals surface area contributed by atoms with Crippen LogP contribution in [0.25, 0.3) is 5.57 Å². The van der Waals surface area contributed by atoms with Gasteiger partial charge < -0.3 is 20.9 Å². The first kappa shape index (κ1) is 18.3. The number of rotatable bonds is 6. The maximum absolute atomic E-state index is 11.7. The lowest BCUT2D eigenvalue weighted by Crippen LogP contribution is -2.34. The number of nitrogens with one attached hydrogen (secondary N) is 1. The first-order valence-electron chi connectivity index (χ1n) is 6.52. The first-order chi connectivity index (χ1) is 10.9. The maximum Gasteiger partial charge on any atom is 0.325 e. The summed E-state index contributed by atoms with van der Waals surface area (Å²) < 4.78 is 4.38. The predicted octanol–water partition coefficient (Wildman–Crippen LogP) is 1.93. The van der Waals surface area contributed by atoms with Gasteiger partial charge in [0, 0.05) is 5.02 Å². The molecular weight excluding hydrogens is 320 g/mol. The molecule has 0 saturated carbocycles. The summed E-state index contributed by atoms with van der Waals surface area (Å²) in [5.41, 5.74) is 6.34. The van der Waals surface area contributed by atoms with E-state index in [1.165, 1.54) is 19.3 Å². The van der Waals surface area contributed by atoms with Crippen molar-refractivity contribution in [3.05, 3.63) is 65.0 Å². The van der Waals surface area contributed by atoms with Gasteiger partial charge in [0.2, 0.25) is 0 Å². The normalized spacial score (nSPS) is 12.2. The number of benzene rings is 1. The molecule has 0 bridgehead atoms. The van der Waals surface area contributed by atoms with Gasteiger partial charge >= 0.3 is 5.97 Å². The third-order valence-electron chi connectivity index (χ3n) is 2.81. The molecule has 1 aromatic rings. The molecule has 4 N–H and O–H groups in total. The van der Waals surface area contributed by atoms with Crippen molar-refractivity contribution in [1.82, 2.24) is 5.32 Å². The third kappa shape index (κ3) is 5.52. The summed E-state index contributed by atoms with van der Waals surface area (Å²) >= 11 is 5.91. The molecular formula is C16H17ClN2O4. The second-order valence-corrected chi connectivity index (χ2v) is 4.81. The lowest BCUT2D eigenvalue weighted by atomic mass is 10.0. The SMILES string of the molecule is C=C/C(=C\C(O)=C(/N)C(=O)NCC(=O)OC)c1cccc(Cl)c1. The quantitative estimate of drug-likeness (QED) is 0.319. The Balaban J connectivity index is 2.99. The van der Waals surface area contributed by atoms with Crippen LogP contribution < -0.4 is 11.1 Å². The molecule has 1 amide bonds. The van der Waals surface area contributed by atoms with Gasteiger partial charge in [-0.05, 0) is 29.3 Å². The Labute approximate surface area is 138 Å². The van der Waals surface area contributed by atoms with Gasteiger partial charge in [0.1, 0.15) is 18.0 Å². The summed E-state index contributed by atoms with van der Waals surface area (Å²) in [6, 6.07) is 6.88. The van der Waals surface area contributed by atoms with E-state index in [9.17, 15) is 14.7 Å². The molecule has 23 heavy (non-hydrogen) atoms. The van der Waals surface area contributed by atoms with Gasteiger partial charge in [0.05, 0.1) is 7.11 Å². The van der Waals surface area contributed by atoms with Crippen LogP contribution >= 0.6 is 11.6 Å². The summed E-state index contributed by atoms with van der Waals surface area (Å²) in [6.45, 7) is 3.30. The molecule has 0 saturated heterocycles.